The summed E-state index contributed by atoms with van der Waals surface area (Å²) in [5.74, 6) is 3.64. The van der Waals surface area contributed by atoms with Crippen molar-refractivity contribution in [1.29, 1.82) is 0 Å². The number of aliphatic imine (C=N–C) groups is 1. The molecular formula is C23H33N3O4. The lowest BCUT2D eigenvalue weighted by Crippen LogP contribution is -2.38. The molecule has 0 radical (unpaired) electrons. The third-order valence-electron chi connectivity index (χ3n) is 4.70. The number of nitrogens with zero attached hydrogens (tertiary/aromatic N) is 2. The van der Waals surface area contributed by atoms with Crippen molar-refractivity contribution in [3.8, 4) is 23.0 Å². The molecule has 0 spiro atoms. The van der Waals surface area contributed by atoms with E-state index in [0.29, 0.717) is 23.8 Å². The summed E-state index contributed by atoms with van der Waals surface area (Å²) < 4.78 is 21.6. The minimum atomic E-state index is 0.602. The highest BCUT2D eigenvalue weighted by atomic mass is 16.5. The zero-order valence-electron chi connectivity index (χ0n) is 18.8. The van der Waals surface area contributed by atoms with Gasteiger partial charge in [-0.25, -0.2) is 0 Å². The molecule has 0 heterocycles. The summed E-state index contributed by atoms with van der Waals surface area (Å²) in [7, 11) is 8.56. The van der Waals surface area contributed by atoms with Gasteiger partial charge in [0.15, 0.2) is 17.5 Å². The second-order valence-electron chi connectivity index (χ2n) is 6.68. The molecule has 164 valence electrons. The van der Waals surface area contributed by atoms with Crippen LogP contribution in [0, 0.1) is 0 Å². The SMILES string of the molecule is CCNC(=NCCc1ccc(OC)c(OC)c1OC)N(C)Cc1ccc(OC)cc1. The molecule has 30 heavy (non-hydrogen) atoms. The molecule has 0 amide bonds. The van der Waals surface area contributed by atoms with Crippen molar-refractivity contribution in [2.24, 2.45) is 4.99 Å². The van der Waals surface area contributed by atoms with Crippen molar-refractivity contribution < 1.29 is 18.9 Å². The Balaban J connectivity index is 2.10. The zero-order valence-corrected chi connectivity index (χ0v) is 18.8. The molecule has 1 N–H and O–H groups in total. The normalized spacial score (nSPS) is 11.1. The maximum Gasteiger partial charge on any atom is 0.203 e. The fourth-order valence-electron chi connectivity index (χ4n) is 3.19. The number of guanidine groups is 1. The Morgan fingerprint density at radius 3 is 2.17 bits per heavy atom. The van der Waals surface area contributed by atoms with Crippen LogP contribution in [-0.2, 0) is 13.0 Å². The van der Waals surface area contributed by atoms with Gasteiger partial charge >= 0.3 is 0 Å². The lowest BCUT2D eigenvalue weighted by Gasteiger charge is -2.22. The summed E-state index contributed by atoms with van der Waals surface area (Å²) in [6.45, 7) is 4.22. The van der Waals surface area contributed by atoms with Crippen LogP contribution < -0.4 is 24.3 Å². The molecule has 0 aliphatic heterocycles. The summed E-state index contributed by atoms with van der Waals surface area (Å²) >= 11 is 0. The quantitative estimate of drug-likeness (QED) is 0.474. The van der Waals surface area contributed by atoms with Gasteiger partial charge in [-0.3, -0.25) is 4.99 Å². The molecule has 7 heteroatoms. The topological polar surface area (TPSA) is 64.6 Å². The van der Waals surface area contributed by atoms with Crippen LogP contribution in [0.1, 0.15) is 18.1 Å². The highest BCUT2D eigenvalue weighted by Crippen LogP contribution is 2.39. The van der Waals surface area contributed by atoms with E-state index in [0.717, 1.165) is 36.8 Å². The Labute approximate surface area is 179 Å². The van der Waals surface area contributed by atoms with E-state index in [9.17, 15) is 0 Å². The fourth-order valence-corrected chi connectivity index (χ4v) is 3.19. The summed E-state index contributed by atoms with van der Waals surface area (Å²) in [4.78, 5) is 6.90. The average Bonchev–Trinajstić information content (AvgIpc) is 2.78. The molecule has 2 aromatic rings. The first-order valence-corrected chi connectivity index (χ1v) is 9.98. The number of rotatable bonds is 10. The van der Waals surface area contributed by atoms with Gasteiger partial charge in [0.2, 0.25) is 5.75 Å². The minimum Gasteiger partial charge on any atom is -0.497 e. The van der Waals surface area contributed by atoms with Crippen LogP contribution in [0.25, 0.3) is 0 Å². The van der Waals surface area contributed by atoms with Gasteiger partial charge in [0.25, 0.3) is 0 Å². The van der Waals surface area contributed by atoms with Gasteiger partial charge in [-0.2, -0.15) is 0 Å². The van der Waals surface area contributed by atoms with Gasteiger partial charge in [0.1, 0.15) is 5.75 Å². The van der Waals surface area contributed by atoms with E-state index < -0.39 is 0 Å². The largest absolute Gasteiger partial charge is 0.497 e. The Bertz CT molecular complexity index is 822. The van der Waals surface area contributed by atoms with E-state index in [1.54, 1.807) is 28.4 Å². The van der Waals surface area contributed by atoms with Crippen molar-refractivity contribution in [3.63, 3.8) is 0 Å². The third-order valence-corrected chi connectivity index (χ3v) is 4.70. The van der Waals surface area contributed by atoms with Crippen molar-refractivity contribution in [2.45, 2.75) is 19.9 Å². The van der Waals surface area contributed by atoms with Gasteiger partial charge in [-0.1, -0.05) is 18.2 Å². The van der Waals surface area contributed by atoms with Crippen LogP contribution in [-0.4, -0.2) is 59.4 Å². The average molecular weight is 416 g/mol. The van der Waals surface area contributed by atoms with Crippen LogP contribution in [0.3, 0.4) is 0 Å². The van der Waals surface area contributed by atoms with E-state index in [2.05, 4.69) is 29.3 Å². The van der Waals surface area contributed by atoms with Crippen molar-refractivity contribution >= 4 is 5.96 Å². The molecule has 0 bridgehead atoms. The molecule has 0 saturated carbocycles. The Hall–Kier alpha value is -3.09. The van der Waals surface area contributed by atoms with Crippen LogP contribution in [0.15, 0.2) is 41.4 Å². The molecule has 2 rings (SSSR count). The maximum atomic E-state index is 5.57. The minimum absolute atomic E-state index is 0.602. The van der Waals surface area contributed by atoms with Crippen molar-refractivity contribution in [1.82, 2.24) is 10.2 Å². The van der Waals surface area contributed by atoms with Crippen molar-refractivity contribution in [3.05, 3.63) is 47.5 Å². The van der Waals surface area contributed by atoms with E-state index in [1.165, 1.54) is 5.56 Å². The highest BCUT2D eigenvalue weighted by molar-refractivity contribution is 5.79. The molecule has 0 aromatic heterocycles. The van der Waals surface area contributed by atoms with Crippen LogP contribution in [0.2, 0.25) is 0 Å². The number of benzene rings is 2. The van der Waals surface area contributed by atoms with E-state index in [-0.39, 0.29) is 0 Å². The van der Waals surface area contributed by atoms with E-state index >= 15 is 0 Å². The monoisotopic (exact) mass is 415 g/mol. The number of hydrogen-bond donors (Lipinski definition) is 1. The molecule has 0 unspecified atom stereocenters. The molecule has 0 aliphatic carbocycles. The number of hydrogen-bond acceptors (Lipinski definition) is 5. The second kappa shape index (κ2) is 11.8. The van der Waals surface area contributed by atoms with Gasteiger partial charge < -0.3 is 29.2 Å². The number of ether oxygens (including phenoxy) is 4. The third kappa shape index (κ3) is 5.95. The molecule has 2 aromatic carbocycles. The Morgan fingerprint density at radius 2 is 1.60 bits per heavy atom. The first kappa shape index (κ1) is 23.2. The van der Waals surface area contributed by atoms with Gasteiger partial charge in [0.05, 0.1) is 28.4 Å². The summed E-state index contributed by atoms with van der Waals surface area (Å²) in [6.07, 6.45) is 0.717. The van der Waals surface area contributed by atoms with Gasteiger partial charge in [0, 0.05) is 32.2 Å². The Morgan fingerprint density at radius 1 is 0.900 bits per heavy atom. The fraction of sp³-hybridized carbons (Fsp3) is 0.435. The van der Waals surface area contributed by atoms with Crippen LogP contribution in [0.5, 0.6) is 23.0 Å². The van der Waals surface area contributed by atoms with E-state index in [1.807, 2.05) is 31.3 Å². The highest BCUT2D eigenvalue weighted by Gasteiger charge is 2.15. The summed E-state index contributed by atoms with van der Waals surface area (Å²) in [5.41, 5.74) is 2.21. The molecular weight excluding hydrogens is 382 g/mol. The van der Waals surface area contributed by atoms with E-state index in [4.69, 9.17) is 23.9 Å². The van der Waals surface area contributed by atoms with Crippen LogP contribution >= 0.6 is 0 Å². The molecule has 0 atom stereocenters. The van der Waals surface area contributed by atoms with Gasteiger partial charge in [-0.15, -0.1) is 0 Å². The molecule has 7 nitrogen and oxygen atoms in total. The van der Waals surface area contributed by atoms with Crippen molar-refractivity contribution in [2.75, 3.05) is 48.6 Å². The van der Waals surface area contributed by atoms with Crippen LogP contribution in [0.4, 0.5) is 0 Å². The smallest absolute Gasteiger partial charge is 0.203 e. The first-order valence-electron chi connectivity index (χ1n) is 9.98. The Kier molecular flexibility index (Phi) is 9.12. The first-order chi connectivity index (χ1) is 14.6. The standard InChI is InChI=1S/C23H33N3O4/c1-7-24-23(26(2)16-17-8-11-19(27-3)12-9-17)25-15-14-18-10-13-20(28-4)22(30-6)21(18)29-5/h8-13H,7,14-16H2,1-6H3,(H,24,25). The number of methoxy groups -OCH3 is 4. The number of nitrogens with one attached hydrogen (secondary N) is 1. The molecule has 0 fully saturated rings. The lowest BCUT2D eigenvalue weighted by molar-refractivity contribution is 0.322. The second-order valence-corrected chi connectivity index (χ2v) is 6.68. The molecule has 0 aliphatic rings. The molecule has 0 saturated heterocycles. The predicted molar refractivity (Wildman–Crippen MR) is 120 cm³/mol. The zero-order chi connectivity index (χ0) is 21.9. The lowest BCUT2D eigenvalue weighted by atomic mass is 10.1. The summed E-state index contributed by atoms with van der Waals surface area (Å²) in [6, 6.07) is 11.9. The maximum absolute atomic E-state index is 5.57. The summed E-state index contributed by atoms with van der Waals surface area (Å²) in [5, 5.41) is 3.36. The predicted octanol–water partition coefficient (Wildman–Crippen LogP) is 3.36. The van der Waals surface area contributed by atoms with Gasteiger partial charge in [-0.05, 0) is 37.1 Å².